The van der Waals surface area contributed by atoms with Gasteiger partial charge in [0, 0.05) is 22.4 Å². The summed E-state index contributed by atoms with van der Waals surface area (Å²) < 4.78 is 0. The number of benzene rings is 10. The first-order valence-corrected chi connectivity index (χ1v) is 23.7. The number of anilines is 3. The van der Waals surface area contributed by atoms with Gasteiger partial charge in [-0.05, 0) is 156 Å². The Morgan fingerprint density at radius 2 is 0.716 bits per heavy atom. The fraction of sp³-hybridized carbons (Fsp3) is 0.0909. The minimum Gasteiger partial charge on any atom is -0.310 e. The molecule has 1 heteroatoms. The number of aryl methyl sites for hydroxylation is 2. The van der Waals surface area contributed by atoms with Crippen molar-refractivity contribution in [3.05, 3.63) is 269 Å². The Bertz CT molecular complexity index is 3540. The summed E-state index contributed by atoms with van der Waals surface area (Å²) in [5, 5.41) is 0. The van der Waals surface area contributed by atoms with E-state index < -0.39 is 5.41 Å². The molecule has 0 heterocycles. The predicted molar refractivity (Wildman–Crippen MR) is 281 cm³/mol. The van der Waals surface area contributed by atoms with Crippen LogP contribution in [0.2, 0.25) is 0 Å². The molecule has 0 N–H and O–H groups in total. The van der Waals surface area contributed by atoms with Crippen LogP contribution in [0.3, 0.4) is 0 Å². The summed E-state index contributed by atoms with van der Waals surface area (Å²) in [5.74, 6) is 0. The molecule has 0 bridgehead atoms. The van der Waals surface area contributed by atoms with Crippen LogP contribution in [-0.4, -0.2) is 0 Å². The number of nitrogens with zero attached hydrogens (tertiary/aromatic N) is 1. The van der Waals surface area contributed by atoms with E-state index in [9.17, 15) is 0 Å². The highest BCUT2D eigenvalue weighted by Crippen LogP contribution is 2.63. The first-order chi connectivity index (χ1) is 32.8. The lowest BCUT2D eigenvalue weighted by molar-refractivity contribution is 0.660. The molecule has 13 rings (SSSR count). The molecule has 0 saturated carbocycles. The Kier molecular flexibility index (Phi) is 8.67. The molecular formula is C66H49N. The first kappa shape index (κ1) is 39.4. The molecule has 67 heavy (non-hydrogen) atoms. The second-order valence-electron chi connectivity index (χ2n) is 19.3. The third-order valence-electron chi connectivity index (χ3n) is 15.4. The molecule has 3 aliphatic carbocycles. The van der Waals surface area contributed by atoms with E-state index in [1.54, 1.807) is 0 Å². The van der Waals surface area contributed by atoms with E-state index in [4.69, 9.17) is 0 Å². The van der Waals surface area contributed by atoms with Gasteiger partial charge in [-0.15, -0.1) is 0 Å². The van der Waals surface area contributed by atoms with Gasteiger partial charge in [-0.25, -0.2) is 0 Å². The number of rotatable bonds is 6. The summed E-state index contributed by atoms with van der Waals surface area (Å²) in [6, 6.07) is 84.4. The van der Waals surface area contributed by atoms with Gasteiger partial charge in [0.05, 0.1) is 11.1 Å². The van der Waals surface area contributed by atoms with Crippen LogP contribution in [0.4, 0.5) is 17.1 Å². The molecule has 10 aromatic rings. The van der Waals surface area contributed by atoms with E-state index in [-0.39, 0.29) is 5.41 Å². The van der Waals surface area contributed by atoms with Crippen LogP contribution in [0, 0.1) is 13.8 Å². The minimum atomic E-state index is -0.465. The van der Waals surface area contributed by atoms with Gasteiger partial charge in [0.2, 0.25) is 0 Å². The summed E-state index contributed by atoms with van der Waals surface area (Å²) in [7, 11) is 0. The van der Waals surface area contributed by atoms with Gasteiger partial charge >= 0.3 is 0 Å². The summed E-state index contributed by atoms with van der Waals surface area (Å²) in [5.41, 5.74) is 28.6. The molecule has 3 aliphatic rings. The van der Waals surface area contributed by atoms with Crippen molar-refractivity contribution < 1.29 is 0 Å². The fourth-order valence-corrected chi connectivity index (χ4v) is 12.3. The van der Waals surface area contributed by atoms with Crippen molar-refractivity contribution in [2.45, 2.75) is 38.5 Å². The zero-order chi connectivity index (χ0) is 45.0. The Morgan fingerprint density at radius 3 is 1.28 bits per heavy atom. The molecule has 0 saturated heterocycles. The zero-order valence-electron chi connectivity index (χ0n) is 38.3. The van der Waals surface area contributed by atoms with E-state index in [1.165, 1.54) is 111 Å². The van der Waals surface area contributed by atoms with E-state index in [0.29, 0.717) is 0 Å². The smallest absolute Gasteiger partial charge is 0.0726 e. The molecule has 0 radical (unpaired) electrons. The monoisotopic (exact) mass is 855 g/mol. The fourth-order valence-electron chi connectivity index (χ4n) is 12.3. The first-order valence-electron chi connectivity index (χ1n) is 23.7. The van der Waals surface area contributed by atoms with Crippen LogP contribution >= 0.6 is 0 Å². The number of fused-ring (bicyclic) bond motifs is 13. The molecular weight excluding hydrogens is 807 g/mol. The predicted octanol–water partition coefficient (Wildman–Crippen LogP) is 17.4. The van der Waals surface area contributed by atoms with E-state index in [2.05, 4.69) is 257 Å². The molecule has 1 spiro atoms. The molecule has 0 aliphatic heterocycles. The van der Waals surface area contributed by atoms with Crippen molar-refractivity contribution >= 4 is 17.1 Å². The molecule has 1 nitrogen and oxygen atoms in total. The quantitative estimate of drug-likeness (QED) is 0.161. The normalized spacial score (nSPS) is 13.9. The highest BCUT2D eigenvalue weighted by molar-refractivity contribution is 5.98. The molecule has 0 fully saturated rings. The van der Waals surface area contributed by atoms with Crippen molar-refractivity contribution in [1.82, 2.24) is 0 Å². The van der Waals surface area contributed by atoms with Crippen molar-refractivity contribution in [1.29, 1.82) is 0 Å². The SMILES string of the molecule is Cc1cccc(C)c1-c1cc(-c2ccc(-c3ccccc3)cc2)ccc1N(c1ccc2c(c1)C(C)(C)c1ccccc1-2)c1ccc2c(c1)C1(c3ccccc3-c3ccccc31)c1ccccc1-2. The molecule has 0 atom stereocenters. The van der Waals surface area contributed by atoms with Gasteiger partial charge in [-0.2, -0.15) is 0 Å². The topological polar surface area (TPSA) is 3.24 Å². The van der Waals surface area contributed by atoms with Crippen LogP contribution in [-0.2, 0) is 10.8 Å². The maximum absolute atomic E-state index is 2.56. The van der Waals surface area contributed by atoms with Gasteiger partial charge in [-0.3, -0.25) is 0 Å². The zero-order valence-corrected chi connectivity index (χ0v) is 38.3. The average molecular weight is 856 g/mol. The van der Waals surface area contributed by atoms with Crippen molar-refractivity contribution in [3.8, 4) is 66.8 Å². The standard InChI is InChI=1S/C66H49N/c1-42-17-16-18-43(2)64(42)56-39-47(46-31-29-45(30-32-46)44-19-6-5-7-20-44)33-38-63(56)67(48-34-36-54-50-21-8-12-25-57(50)65(3,4)61(54)40-48)49-35-37-55-53-24-11-15-28-60(53)66(62(55)41-49)58-26-13-9-22-51(58)52-23-10-14-27-59(52)66/h5-41H,1-4H3. The Labute approximate surface area is 394 Å². The van der Waals surface area contributed by atoms with E-state index in [0.717, 1.165) is 17.1 Å². The van der Waals surface area contributed by atoms with Crippen LogP contribution in [0.5, 0.6) is 0 Å². The summed E-state index contributed by atoms with van der Waals surface area (Å²) >= 11 is 0. The van der Waals surface area contributed by atoms with Crippen molar-refractivity contribution in [2.75, 3.05) is 4.90 Å². The molecule has 0 unspecified atom stereocenters. The minimum absolute atomic E-state index is 0.167. The molecule has 0 aromatic heterocycles. The molecule has 0 amide bonds. The maximum atomic E-state index is 2.56. The van der Waals surface area contributed by atoms with Gasteiger partial charge in [0.1, 0.15) is 0 Å². The summed E-state index contributed by atoms with van der Waals surface area (Å²) in [6.07, 6.45) is 0. The van der Waals surface area contributed by atoms with Crippen LogP contribution in [0.15, 0.2) is 224 Å². The van der Waals surface area contributed by atoms with E-state index >= 15 is 0 Å². The Balaban J connectivity index is 1.07. The number of hydrogen-bond acceptors (Lipinski definition) is 1. The number of hydrogen-bond donors (Lipinski definition) is 0. The van der Waals surface area contributed by atoms with E-state index in [1.807, 2.05) is 0 Å². The van der Waals surface area contributed by atoms with Crippen molar-refractivity contribution in [2.24, 2.45) is 0 Å². The maximum Gasteiger partial charge on any atom is 0.0726 e. The molecule has 318 valence electrons. The lowest BCUT2D eigenvalue weighted by atomic mass is 9.70. The lowest BCUT2D eigenvalue weighted by Gasteiger charge is -2.33. The lowest BCUT2D eigenvalue weighted by Crippen LogP contribution is -2.26. The second-order valence-corrected chi connectivity index (χ2v) is 19.3. The Morgan fingerprint density at radius 1 is 0.299 bits per heavy atom. The second kappa shape index (κ2) is 14.8. The largest absolute Gasteiger partial charge is 0.310 e. The highest BCUT2D eigenvalue weighted by Gasteiger charge is 2.51. The van der Waals surface area contributed by atoms with Crippen molar-refractivity contribution in [3.63, 3.8) is 0 Å². The van der Waals surface area contributed by atoms with Gasteiger partial charge < -0.3 is 4.90 Å². The van der Waals surface area contributed by atoms with Gasteiger partial charge in [0.25, 0.3) is 0 Å². The summed E-state index contributed by atoms with van der Waals surface area (Å²) in [4.78, 5) is 2.56. The van der Waals surface area contributed by atoms with Gasteiger partial charge in [-0.1, -0.05) is 202 Å². The molecule has 10 aromatic carbocycles. The third kappa shape index (κ3) is 5.68. The summed E-state index contributed by atoms with van der Waals surface area (Å²) in [6.45, 7) is 9.30. The van der Waals surface area contributed by atoms with Crippen LogP contribution in [0.1, 0.15) is 58.4 Å². The third-order valence-corrected chi connectivity index (χ3v) is 15.4. The highest BCUT2D eigenvalue weighted by atomic mass is 15.1. The van der Waals surface area contributed by atoms with Crippen LogP contribution < -0.4 is 4.90 Å². The van der Waals surface area contributed by atoms with Crippen LogP contribution in [0.25, 0.3) is 66.8 Å². The average Bonchev–Trinajstić information content (AvgIpc) is 3.93. The van der Waals surface area contributed by atoms with Gasteiger partial charge in [0.15, 0.2) is 0 Å². The Hall–Kier alpha value is -8.00.